The minimum atomic E-state index is 0.812. The minimum absolute atomic E-state index is 0.812. The number of nitrogens with one attached hydrogen (secondary N) is 1. The first-order valence-electron chi connectivity index (χ1n) is 5.37. The molecule has 0 radical (unpaired) electrons. The molecule has 17 heavy (non-hydrogen) atoms. The van der Waals surface area contributed by atoms with Gasteiger partial charge < -0.3 is 5.32 Å². The van der Waals surface area contributed by atoms with E-state index >= 15 is 0 Å². The molecule has 0 aliphatic heterocycles. The number of aryl methyl sites for hydroxylation is 1. The number of thioether (sulfide) groups is 1. The predicted octanol–water partition coefficient (Wildman–Crippen LogP) is 2.97. The van der Waals surface area contributed by atoms with E-state index in [2.05, 4.69) is 25.6 Å². The summed E-state index contributed by atoms with van der Waals surface area (Å²) in [6.07, 6.45) is 3.58. The normalized spacial score (nSPS) is 10.5. The zero-order valence-corrected chi connectivity index (χ0v) is 11.4. The number of nitrogens with zero attached hydrogens (tertiary/aromatic N) is 3. The highest BCUT2D eigenvalue weighted by Crippen LogP contribution is 2.25. The number of thiazole rings is 1. The Morgan fingerprint density at radius 2 is 2.24 bits per heavy atom. The van der Waals surface area contributed by atoms with Crippen molar-refractivity contribution in [2.24, 2.45) is 0 Å². The van der Waals surface area contributed by atoms with Gasteiger partial charge in [0.15, 0.2) is 0 Å². The Morgan fingerprint density at radius 3 is 2.82 bits per heavy atom. The van der Waals surface area contributed by atoms with E-state index in [4.69, 9.17) is 0 Å². The molecule has 2 aromatic heterocycles. The summed E-state index contributed by atoms with van der Waals surface area (Å²) >= 11 is 3.37. The van der Waals surface area contributed by atoms with Gasteiger partial charge in [0.25, 0.3) is 0 Å². The number of anilines is 1. The lowest BCUT2D eigenvalue weighted by Gasteiger charge is -2.02. The Balaban J connectivity index is 1.90. The molecule has 0 aromatic carbocycles. The Kier molecular flexibility index (Phi) is 4.33. The van der Waals surface area contributed by atoms with Crippen molar-refractivity contribution in [3.05, 3.63) is 29.2 Å². The van der Waals surface area contributed by atoms with Crippen molar-refractivity contribution in [3.63, 3.8) is 0 Å². The largest absolute Gasteiger partial charge is 0.369 e. The van der Waals surface area contributed by atoms with Crippen molar-refractivity contribution in [1.29, 1.82) is 0 Å². The lowest BCUT2D eigenvalue weighted by atomic mass is 10.5. The Bertz CT molecular complexity index is 467. The molecule has 0 amide bonds. The first kappa shape index (κ1) is 12.3. The molecule has 0 aliphatic carbocycles. The maximum Gasteiger partial charge on any atom is 0.150 e. The molecule has 1 N–H and O–H groups in total. The van der Waals surface area contributed by atoms with Crippen LogP contribution in [0.5, 0.6) is 0 Å². The molecule has 0 fully saturated rings. The van der Waals surface area contributed by atoms with E-state index in [1.165, 1.54) is 0 Å². The second-order valence-electron chi connectivity index (χ2n) is 3.47. The molecule has 2 aromatic rings. The van der Waals surface area contributed by atoms with Crippen LogP contribution in [-0.4, -0.2) is 21.5 Å². The van der Waals surface area contributed by atoms with Crippen LogP contribution in [0.1, 0.15) is 18.3 Å². The van der Waals surface area contributed by atoms with E-state index in [9.17, 15) is 0 Å². The van der Waals surface area contributed by atoms with Crippen molar-refractivity contribution in [2.75, 3.05) is 11.9 Å². The molecule has 90 valence electrons. The van der Waals surface area contributed by atoms with Crippen LogP contribution in [0.4, 0.5) is 5.82 Å². The van der Waals surface area contributed by atoms with Crippen molar-refractivity contribution in [1.82, 2.24) is 15.0 Å². The molecule has 0 bridgehead atoms. The van der Waals surface area contributed by atoms with Gasteiger partial charge in [-0.25, -0.2) is 9.97 Å². The predicted molar refractivity (Wildman–Crippen MR) is 72.6 cm³/mol. The van der Waals surface area contributed by atoms with Crippen LogP contribution in [0.15, 0.2) is 22.1 Å². The van der Waals surface area contributed by atoms with Crippen LogP contribution < -0.4 is 5.32 Å². The van der Waals surface area contributed by atoms with Gasteiger partial charge in [0.05, 0.1) is 18.1 Å². The summed E-state index contributed by atoms with van der Waals surface area (Å²) in [4.78, 5) is 13.0. The highest BCUT2D eigenvalue weighted by atomic mass is 32.2. The molecule has 0 spiro atoms. The van der Waals surface area contributed by atoms with Crippen molar-refractivity contribution < 1.29 is 0 Å². The van der Waals surface area contributed by atoms with Crippen LogP contribution >= 0.6 is 23.1 Å². The van der Waals surface area contributed by atoms with E-state index in [1.54, 1.807) is 29.3 Å². The van der Waals surface area contributed by atoms with Crippen molar-refractivity contribution in [3.8, 4) is 0 Å². The number of rotatable bonds is 5. The number of hydrogen-bond donors (Lipinski definition) is 1. The molecule has 0 unspecified atom stereocenters. The van der Waals surface area contributed by atoms with E-state index in [0.717, 1.165) is 33.8 Å². The molecule has 0 atom stereocenters. The summed E-state index contributed by atoms with van der Waals surface area (Å²) < 4.78 is 1.08. The van der Waals surface area contributed by atoms with Gasteiger partial charge in [0.2, 0.25) is 0 Å². The average molecular weight is 266 g/mol. The zero-order chi connectivity index (χ0) is 12.1. The standard InChI is InChI=1S/C11H14N4S2/c1-3-12-10-5-13-9(4-14-10)7-17-11-15-8(2)6-16-11/h4-6H,3,7H2,1-2H3,(H,12,14). The number of aromatic nitrogens is 3. The van der Waals surface area contributed by atoms with Gasteiger partial charge in [0, 0.05) is 23.4 Å². The molecule has 0 aliphatic rings. The van der Waals surface area contributed by atoms with Gasteiger partial charge >= 0.3 is 0 Å². The summed E-state index contributed by atoms with van der Waals surface area (Å²) in [5.74, 6) is 1.64. The fourth-order valence-corrected chi connectivity index (χ4v) is 2.98. The lowest BCUT2D eigenvalue weighted by Crippen LogP contribution is -2.00. The molecule has 6 heteroatoms. The Labute approximate surface area is 109 Å². The average Bonchev–Trinajstić information content (AvgIpc) is 2.75. The molecular formula is C11H14N4S2. The third kappa shape index (κ3) is 3.67. The van der Waals surface area contributed by atoms with Crippen LogP contribution in [-0.2, 0) is 5.75 Å². The van der Waals surface area contributed by atoms with Gasteiger partial charge in [-0.3, -0.25) is 4.98 Å². The molecular weight excluding hydrogens is 252 g/mol. The minimum Gasteiger partial charge on any atom is -0.369 e. The van der Waals surface area contributed by atoms with Crippen LogP contribution in [0, 0.1) is 6.92 Å². The molecule has 2 heterocycles. The quantitative estimate of drug-likeness (QED) is 0.843. The highest BCUT2D eigenvalue weighted by molar-refractivity contribution is 8.00. The van der Waals surface area contributed by atoms with E-state index < -0.39 is 0 Å². The van der Waals surface area contributed by atoms with E-state index in [1.807, 2.05) is 20.0 Å². The van der Waals surface area contributed by atoms with Crippen LogP contribution in [0.2, 0.25) is 0 Å². The lowest BCUT2D eigenvalue weighted by molar-refractivity contribution is 1.07. The maximum atomic E-state index is 4.39. The molecule has 4 nitrogen and oxygen atoms in total. The van der Waals surface area contributed by atoms with Crippen LogP contribution in [0.3, 0.4) is 0 Å². The molecule has 2 rings (SSSR count). The van der Waals surface area contributed by atoms with Gasteiger partial charge in [0.1, 0.15) is 10.2 Å². The second-order valence-corrected chi connectivity index (χ2v) is 5.55. The SMILES string of the molecule is CCNc1cnc(CSc2nc(C)cs2)cn1. The zero-order valence-electron chi connectivity index (χ0n) is 9.80. The van der Waals surface area contributed by atoms with E-state index in [0.29, 0.717) is 0 Å². The van der Waals surface area contributed by atoms with E-state index in [-0.39, 0.29) is 0 Å². The second kappa shape index (κ2) is 5.97. The molecule has 0 saturated carbocycles. The fourth-order valence-electron chi connectivity index (χ4n) is 1.24. The van der Waals surface area contributed by atoms with Gasteiger partial charge in [-0.1, -0.05) is 11.8 Å². The Morgan fingerprint density at radius 1 is 1.35 bits per heavy atom. The smallest absolute Gasteiger partial charge is 0.150 e. The third-order valence-electron chi connectivity index (χ3n) is 2.00. The fraction of sp³-hybridized carbons (Fsp3) is 0.364. The topological polar surface area (TPSA) is 50.7 Å². The first-order valence-corrected chi connectivity index (χ1v) is 7.24. The molecule has 0 saturated heterocycles. The maximum absolute atomic E-state index is 4.39. The summed E-state index contributed by atoms with van der Waals surface area (Å²) in [5.41, 5.74) is 2.05. The van der Waals surface area contributed by atoms with Crippen LogP contribution in [0.25, 0.3) is 0 Å². The van der Waals surface area contributed by atoms with Gasteiger partial charge in [-0.05, 0) is 13.8 Å². The number of hydrogen-bond acceptors (Lipinski definition) is 6. The Hall–Kier alpha value is -1.14. The summed E-state index contributed by atoms with van der Waals surface area (Å²) in [5, 5.41) is 5.18. The summed E-state index contributed by atoms with van der Waals surface area (Å²) in [7, 11) is 0. The summed E-state index contributed by atoms with van der Waals surface area (Å²) in [6, 6.07) is 0. The van der Waals surface area contributed by atoms with Crippen molar-refractivity contribution >= 4 is 28.9 Å². The van der Waals surface area contributed by atoms with Gasteiger partial charge in [-0.2, -0.15) is 0 Å². The first-order chi connectivity index (χ1) is 8.28. The van der Waals surface area contributed by atoms with Crippen molar-refractivity contribution in [2.45, 2.75) is 23.9 Å². The summed E-state index contributed by atoms with van der Waals surface area (Å²) in [6.45, 7) is 4.91. The van der Waals surface area contributed by atoms with Gasteiger partial charge in [-0.15, -0.1) is 11.3 Å². The highest BCUT2D eigenvalue weighted by Gasteiger charge is 2.02. The monoisotopic (exact) mass is 266 g/mol. The third-order valence-corrected chi connectivity index (χ3v) is 4.18.